The minimum atomic E-state index is -0.480. The molecule has 3 N–H and O–H groups in total. The van der Waals surface area contributed by atoms with Crippen LogP contribution < -0.4 is 16.0 Å². The molecule has 1 aromatic rings. The standard InChI is InChI=1S/C12H11ClN4O2/c13-9-3-8(2-1-7(9)4-14)17-12(19)10-5-16-11(18)6-15-10/h1-3,10,15H,5-6H2,(H,16,18)(H,17,19). The predicted molar refractivity (Wildman–Crippen MR) is 69.6 cm³/mol. The van der Waals surface area contributed by atoms with Crippen molar-refractivity contribution in [2.45, 2.75) is 6.04 Å². The van der Waals surface area contributed by atoms with Crippen LogP contribution >= 0.6 is 11.6 Å². The first-order valence-electron chi connectivity index (χ1n) is 5.61. The summed E-state index contributed by atoms with van der Waals surface area (Å²) in [6.45, 7) is 0.362. The van der Waals surface area contributed by atoms with Crippen LogP contribution in [0.1, 0.15) is 5.56 Å². The fourth-order valence-corrected chi connectivity index (χ4v) is 1.89. The second-order valence-electron chi connectivity index (χ2n) is 4.03. The molecule has 1 aliphatic rings. The number of halogens is 1. The summed E-state index contributed by atoms with van der Waals surface area (Å²) < 4.78 is 0. The number of hydrogen-bond donors (Lipinski definition) is 3. The summed E-state index contributed by atoms with van der Waals surface area (Å²) in [6, 6.07) is 6.11. The molecule has 98 valence electrons. The maximum atomic E-state index is 11.9. The summed E-state index contributed by atoms with van der Waals surface area (Å²) >= 11 is 5.87. The van der Waals surface area contributed by atoms with Crippen LogP contribution in [0, 0.1) is 11.3 Å². The normalized spacial score (nSPS) is 18.3. The number of benzene rings is 1. The number of nitriles is 1. The van der Waals surface area contributed by atoms with Crippen molar-refractivity contribution >= 4 is 29.1 Å². The second kappa shape index (κ2) is 5.69. The van der Waals surface area contributed by atoms with Gasteiger partial charge in [-0.25, -0.2) is 0 Å². The monoisotopic (exact) mass is 278 g/mol. The van der Waals surface area contributed by atoms with Crippen molar-refractivity contribution in [3.05, 3.63) is 28.8 Å². The molecule has 1 aromatic carbocycles. The molecule has 0 bridgehead atoms. The number of anilines is 1. The average Bonchev–Trinajstić information content (AvgIpc) is 2.39. The third-order valence-electron chi connectivity index (χ3n) is 2.69. The SMILES string of the molecule is N#Cc1ccc(NC(=O)C2CNC(=O)CN2)cc1Cl. The molecule has 2 rings (SSSR count). The van der Waals surface area contributed by atoms with Crippen molar-refractivity contribution in [2.24, 2.45) is 0 Å². The maximum Gasteiger partial charge on any atom is 0.243 e. The summed E-state index contributed by atoms with van der Waals surface area (Å²) in [6.07, 6.45) is 0. The molecule has 0 saturated carbocycles. The number of nitrogens with zero attached hydrogens (tertiary/aromatic N) is 1. The van der Waals surface area contributed by atoms with Gasteiger partial charge in [-0.15, -0.1) is 0 Å². The Labute approximate surface area is 114 Å². The minimum Gasteiger partial charge on any atom is -0.353 e. The van der Waals surface area contributed by atoms with Crippen LogP contribution in [-0.2, 0) is 9.59 Å². The summed E-state index contributed by atoms with van der Waals surface area (Å²) in [5, 5.41) is 17.1. The summed E-state index contributed by atoms with van der Waals surface area (Å²) in [4.78, 5) is 22.9. The molecule has 1 atom stereocenters. The van der Waals surface area contributed by atoms with E-state index in [-0.39, 0.29) is 29.9 Å². The van der Waals surface area contributed by atoms with Gasteiger partial charge >= 0.3 is 0 Å². The molecule has 0 aromatic heterocycles. The number of amides is 2. The van der Waals surface area contributed by atoms with E-state index >= 15 is 0 Å². The van der Waals surface area contributed by atoms with Gasteiger partial charge in [-0.1, -0.05) is 11.6 Å². The van der Waals surface area contributed by atoms with E-state index in [2.05, 4.69) is 16.0 Å². The van der Waals surface area contributed by atoms with Crippen LogP contribution in [-0.4, -0.2) is 30.9 Å². The fraction of sp³-hybridized carbons (Fsp3) is 0.250. The lowest BCUT2D eigenvalue weighted by molar-refractivity contribution is -0.124. The third kappa shape index (κ3) is 3.22. The minimum absolute atomic E-state index is 0.117. The van der Waals surface area contributed by atoms with Crippen LogP contribution in [0.2, 0.25) is 5.02 Å². The fourth-order valence-electron chi connectivity index (χ4n) is 1.66. The molecular weight excluding hydrogens is 268 g/mol. The Morgan fingerprint density at radius 2 is 2.32 bits per heavy atom. The number of hydrogen-bond acceptors (Lipinski definition) is 4. The highest BCUT2D eigenvalue weighted by atomic mass is 35.5. The smallest absolute Gasteiger partial charge is 0.243 e. The first-order valence-corrected chi connectivity index (χ1v) is 5.98. The van der Waals surface area contributed by atoms with Crippen molar-refractivity contribution in [3.63, 3.8) is 0 Å². The Kier molecular flexibility index (Phi) is 4.00. The van der Waals surface area contributed by atoms with E-state index in [0.717, 1.165) is 0 Å². The lowest BCUT2D eigenvalue weighted by atomic mass is 10.2. The zero-order chi connectivity index (χ0) is 13.8. The van der Waals surface area contributed by atoms with E-state index in [1.165, 1.54) is 12.1 Å². The van der Waals surface area contributed by atoms with Crippen LogP contribution in [0.3, 0.4) is 0 Å². The number of rotatable bonds is 2. The molecule has 1 heterocycles. The molecule has 19 heavy (non-hydrogen) atoms. The van der Waals surface area contributed by atoms with E-state index in [1.54, 1.807) is 6.07 Å². The predicted octanol–water partition coefficient (Wildman–Crippen LogP) is 0.238. The molecule has 0 spiro atoms. The largest absolute Gasteiger partial charge is 0.353 e. The number of nitrogens with one attached hydrogen (secondary N) is 3. The van der Waals surface area contributed by atoms with Crippen molar-refractivity contribution in [1.29, 1.82) is 5.26 Å². The van der Waals surface area contributed by atoms with Gasteiger partial charge in [0.25, 0.3) is 0 Å². The molecule has 1 fully saturated rings. The van der Waals surface area contributed by atoms with Crippen molar-refractivity contribution in [3.8, 4) is 6.07 Å². The first-order chi connectivity index (χ1) is 9.10. The van der Waals surface area contributed by atoms with Gasteiger partial charge in [0.1, 0.15) is 12.1 Å². The van der Waals surface area contributed by atoms with Gasteiger partial charge in [0.15, 0.2) is 0 Å². The molecule has 6 nitrogen and oxygen atoms in total. The Morgan fingerprint density at radius 3 is 2.89 bits per heavy atom. The highest BCUT2D eigenvalue weighted by Gasteiger charge is 2.23. The molecular formula is C12H11ClN4O2. The Hall–Kier alpha value is -2.10. The van der Waals surface area contributed by atoms with Crippen molar-refractivity contribution in [1.82, 2.24) is 10.6 Å². The van der Waals surface area contributed by atoms with Gasteiger partial charge in [0, 0.05) is 12.2 Å². The number of carbonyl (C=O) groups excluding carboxylic acids is 2. The Morgan fingerprint density at radius 1 is 1.53 bits per heavy atom. The van der Waals surface area contributed by atoms with Crippen molar-refractivity contribution in [2.75, 3.05) is 18.4 Å². The quantitative estimate of drug-likeness (QED) is 0.722. The lowest BCUT2D eigenvalue weighted by Gasteiger charge is -2.23. The van der Waals surface area contributed by atoms with Gasteiger partial charge in [-0.2, -0.15) is 5.26 Å². The first kappa shape index (κ1) is 13.3. The highest BCUT2D eigenvalue weighted by Crippen LogP contribution is 2.20. The zero-order valence-electron chi connectivity index (χ0n) is 9.87. The Balaban J connectivity index is 2.01. The molecule has 1 unspecified atom stereocenters. The van der Waals surface area contributed by atoms with E-state index < -0.39 is 6.04 Å². The van der Waals surface area contributed by atoms with Crippen molar-refractivity contribution < 1.29 is 9.59 Å². The van der Waals surface area contributed by atoms with Gasteiger partial charge < -0.3 is 10.6 Å². The zero-order valence-corrected chi connectivity index (χ0v) is 10.6. The van der Waals surface area contributed by atoms with Crippen LogP contribution in [0.4, 0.5) is 5.69 Å². The lowest BCUT2D eigenvalue weighted by Crippen LogP contribution is -2.56. The van der Waals surface area contributed by atoms with Gasteiger partial charge in [-0.05, 0) is 18.2 Å². The Bertz CT molecular complexity index is 557. The van der Waals surface area contributed by atoms with E-state index in [0.29, 0.717) is 11.3 Å². The van der Waals surface area contributed by atoms with Crippen LogP contribution in [0.25, 0.3) is 0 Å². The van der Waals surface area contributed by atoms with Crippen LogP contribution in [0.5, 0.6) is 0 Å². The molecule has 0 radical (unpaired) electrons. The summed E-state index contributed by atoms with van der Waals surface area (Å²) in [7, 11) is 0. The molecule has 7 heteroatoms. The second-order valence-corrected chi connectivity index (χ2v) is 4.44. The summed E-state index contributed by atoms with van der Waals surface area (Å²) in [5.41, 5.74) is 0.857. The van der Waals surface area contributed by atoms with Gasteiger partial charge in [0.2, 0.25) is 11.8 Å². The van der Waals surface area contributed by atoms with Gasteiger partial charge in [-0.3, -0.25) is 14.9 Å². The van der Waals surface area contributed by atoms with E-state index in [9.17, 15) is 9.59 Å². The van der Waals surface area contributed by atoms with Crippen LogP contribution in [0.15, 0.2) is 18.2 Å². The third-order valence-corrected chi connectivity index (χ3v) is 3.00. The molecule has 1 aliphatic heterocycles. The average molecular weight is 279 g/mol. The van der Waals surface area contributed by atoms with Gasteiger partial charge in [0.05, 0.1) is 17.1 Å². The maximum absolute atomic E-state index is 11.9. The molecule has 2 amide bonds. The molecule has 0 aliphatic carbocycles. The van der Waals surface area contributed by atoms with E-state index in [1.807, 2.05) is 6.07 Å². The van der Waals surface area contributed by atoms with E-state index in [4.69, 9.17) is 16.9 Å². The number of carbonyl (C=O) groups is 2. The number of piperazine rings is 1. The topological polar surface area (TPSA) is 94.0 Å². The highest BCUT2D eigenvalue weighted by molar-refractivity contribution is 6.32. The summed E-state index contributed by atoms with van der Waals surface area (Å²) in [5.74, 6) is -0.397. The molecule has 1 saturated heterocycles.